The highest BCUT2D eigenvalue weighted by Crippen LogP contribution is 2.12. The third kappa shape index (κ3) is 3.61. The second-order valence-electron chi connectivity index (χ2n) is 5.09. The van der Waals surface area contributed by atoms with Crippen LogP contribution >= 0.6 is 0 Å². The molecule has 3 rings (SSSR count). The van der Waals surface area contributed by atoms with Crippen LogP contribution in [0.3, 0.4) is 0 Å². The average molecular weight is 322 g/mol. The van der Waals surface area contributed by atoms with Gasteiger partial charge in [0.1, 0.15) is 6.33 Å². The van der Waals surface area contributed by atoms with E-state index in [0.717, 1.165) is 11.3 Å². The molecule has 1 heterocycles. The predicted molar refractivity (Wildman–Crippen MR) is 86.4 cm³/mol. The van der Waals surface area contributed by atoms with E-state index in [-0.39, 0.29) is 12.3 Å². The fraction of sp³-hybridized carbons (Fsp3) is 0.0625. The minimum absolute atomic E-state index is 0.156. The molecule has 0 radical (unpaired) electrons. The summed E-state index contributed by atoms with van der Waals surface area (Å²) in [6.45, 7) is 0. The summed E-state index contributed by atoms with van der Waals surface area (Å²) < 4.78 is 1.53. The Morgan fingerprint density at radius 3 is 2.33 bits per heavy atom. The second-order valence-corrected chi connectivity index (χ2v) is 5.09. The van der Waals surface area contributed by atoms with Crippen molar-refractivity contribution >= 4 is 17.5 Å². The van der Waals surface area contributed by atoms with Crippen molar-refractivity contribution in [2.24, 2.45) is 5.73 Å². The van der Waals surface area contributed by atoms with Gasteiger partial charge in [0.15, 0.2) is 0 Å². The highest BCUT2D eigenvalue weighted by molar-refractivity contribution is 5.95. The summed E-state index contributed by atoms with van der Waals surface area (Å²) in [6.07, 6.45) is 1.73. The smallest absolute Gasteiger partial charge is 0.248 e. The number of tetrazole rings is 1. The number of rotatable bonds is 5. The quantitative estimate of drug-likeness (QED) is 0.725. The molecule has 0 bridgehead atoms. The van der Waals surface area contributed by atoms with Gasteiger partial charge in [-0.3, -0.25) is 9.59 Å². The Morgan fingerprint density at radius 2 is 1.75 bits per heavy atom. The number of primary amides is 1. The van der Waals surface area contributed by atoms with Crippen LogP contribution in [-0.2, 0) is 11.2 Å². The van der Waals surface area contributed by atoms with Crippen molar-refractivity contribution in [3.63, 3.8) is 0 Å². The molecule has 3 N–H and O–H groups in total. The van der Waals surface area contributed by atoms with Gasteiger partial charge in [-0.05, 0) is 52.4 Å². The first-order chi connectivity index (χ1) is 11.6. The van der Waals surface area contributed by atoms with Crippen molar-refractivity contribution in [3.8, 4) is 5.69 Å². The fourth-order valence-corrected chi connectivity index (χ4v) is 2.15. The van der Waals surface area contributed by atoms with E-state index >= 15 is 0 Å². The van der Waals surface area contributed by atoms with Gasteiger partial charge in [0.05, 0.1) is 12.1 Å². The molecule has 0 unspecified atom stereocenters. The molecule has 0 aliphatic rings. The Labute approximate surface area is 137 Å². The van der Waals surface area contributed by atoms with Gasteiger partial charge in [-0.15, -0.1) is 5.10 Å². The molecule has 8 heteroatoms. The summed E-state index contributed by atoms with van der Waals surface area (Å²) in [5.74, 6) is -0.660. The Hall–Kier alpha value is -3.55. The van der Waals surface area contributed by atoms with E-state index in [1.807, 2.05) is 24.3 Å². The van der Waals surface area contributed by atoms with Crippen LogP contribution in [0.15, 0.2) is 54.9 Å². The molecule has 1 aromatic heterocycles. The molecule has 24 heavy (non-hydrogen) atoms. The first-order valence-electron chi connectivity index (χ1n) is 7.14. The minimum Gasteiger partial charge on any atom is -0.366 e. The van der Waals surface area contributed by atoms with Crippen molar-refractivity contribution < 1.29 is 9.59 Å². The third-order valence-electron chi connectivity index (χ3n) is 3.37. The number of nitrogens with two attached hydrogens (primary N) is 1. The zero-order valence-corrected chi connectivity index (χ0v) is 12.6. The van der Waals surface area contributed by atoms with E-state index in [1.165, 1.54) is 11.0 Å². The lowest BCUT2D eigenvalue weighted by Gasteiger charge is -2.06. The molecule has 0 saturated carbocycles. The van der Waals surface area contributed by atoms with E-state index in [9.17, 15) is 9.59 Å². The van der Waals surface area contributed by atoms with Gasteiger partial charge in [0.2, 0.25) is 11.8 Å². The molecular weight excluding hydrogens is 308 g/mol. The number of carbonyl (C=O) groups is 2. The summed E-state index contributed by atoms with van der Waals surface area (Å²) in [4.78, 5) is 23.1. The van der Waals surface area contributed by atoms with E-state index in [2.05, 4.69) is 20.8 Å². The topological polar surface area (TPSA) is 116 Å². The first-order valence-corrected chi connectivity index (χ1v) is 7.14. The molecule has 0 fully saturated rings. The molecular formula is C16H14N6O2. The molecule has 0 atom stereocenters. The maximum atomic E-state index is 12.1. The summed E-state index contributed by atoms with van der Waals surface area (Å²) in [5, 5.41) is 13.7. The standard InChI is InChI=1S/C16H14N6O2/c17-16(24)12-3-5-13(6-4-12)19-15(23)9-11-1-7-14(8-2-11)22-10-18-20-21-22/h1-8,10H,9H2,(H2,17,24)(H,19,23). The van der Waals surface area contributed by atoms with Crippen LogP contribution in [0, 0.1) is 0 Å². The zero-order chi connectivity index (χ0) is 16.9. The van der Waals surface area contributed by atoms with Crippen LogP contribution in [0.25, 0.3) is 5.69 Å². The molecule has 0 spiro atoms. The Bertz CT molecular complexity index is 841. The van der Waals surface area contributed by atoms with Crippen LogP contribution in [0.4, 0.5) is 5.69 Å². The number of carbonyl (C=O) groups excluding carboxylic acids is 2. The van der Waals surface area contributed by atoms with Crippen molar-refractivity contribution in [1.29, 1.82) is 0 Å². The van der Waals surface area contributed by atoms with Crippen LogP contribution in [0.1, 0.15) is 15.9 Å². The Kier molecular flexibility index (Phi) is 4.28. The highest BCUT2D eigenvalue weighted by Gasteiger charge is 2.06. The molecule has 2 amide bonds. The van der Waals surface area contributed by atoms with Crippen molar-refractivity contribution in [3.05, 3.63) is 66.0 Å². The van der Waals surface area contributed by atoms with E-state index in [1.54, 1.807) is 24.3 Å². The monoisotopic (exact) mass is 322 g/mol. The van der Waals surface area contributed by atoms with Gasteiger partial charge >= 0.3 is 0 Å². The largest absolute Gasteiger partial charge is 0.366 e. The minimum atomic E-state index is -0.504. The summed E-state index contributed by atoms with van der Waals surface area (Å²) >= 11 is 0. The van der Waals surface area contributed by atoms with Gasteiger partial charge in [-0.1, -0.05) is 12.1 Å². The van der Waals surface area contributed by atoms with Crippen molar-refractivity contribution in [2.75, 3.05) is 5.32 Å². The predicted octanol–water partition coefficient (Wildman–Crippen LogP) is 0.942. The van der Waals surface area contributed by atoms with E-state index < -0.39 is 5.91 Å². The van der Waals surface area contributed by atoms with Gasteiger partial charge < -0.3 is 11.1 Å². The SMILES string of the molecule is NC(=O)c1ccc(NC(=O)Cc2ccc(-n3cnnn3)cc2)cc1. The number of benzene rings is 2. The van der Waals surface area contributed by atoms with Gasteiger partial charge in [0.25, 0.3) is 0 Å². The van der Waals surface area contributed by atoms with Crippen LogP contribution in [0.2, 0.25) is 0 Å². The molecule has 8 nitrogen and oxygen atoms in total. The lowest BCUT2D eigenvalue weighted by Crippen LogP contribution is -2.15. The molecule has 120 valence electrons. The lowest BCUT2D eigenvalue weighted by atomic mass is 10.1. The fourth-order valence-electron chi connectivity index (χ4n) is 2.15. The number of nitrogens with one attached hydrogen (secondary N) is 1. The van der Waals surface area contributed by atoms with Crippen molar-refractivity contribution in [2.45, 2.75) is 6.42 Å². The third-order valence-corrected chi connectivity index (χ3v) is 3.37. The summed E-state index contributed by atoms with van der Waals surface area (Å²) in [7, 11) is 0. The van der Waals surface area contributed by atoms with Crippen LogP contribution in [0.5, 0.6) is 0 Å². The Balaban J connectivity index is 1.61. The maximum absolute atomic E-state index is 12.1. The van der Waals surface area contributed by atoms with Gasteiger partial charge in [0, 0.05) is 11.3 Å². The highest BCUT2D eigenvalue weighted by atomic mass is 16.2. The number of anilines is 1. The Morgan fingerprint density at radius 1 is 1.04 bits per heavy atom. The number of nitrogens with zero attached hydrogens (tertiary/aromatic N) is 4. The molecule has 3 aromatic rings. The summed E-state index contributed by atoms with van der Waals surface area (Å²) in [6, 6.07) is 13.8. The number of amides is 2. The number of aromatic nitrogens is 4. The molecule has 0 aliphatic carbocycles. The number of hydrogen-bond acceptors (Lipinski definition) is 5. The average Bonchev–Trinajstić information content (AvgIpc) is 3.10. The molecule has 0 aliphatic heterocycles. The van der Waals surface area contributed by atoms with Gasteiger partial charge in [-0.25, -0.2) is 4.68 Å². The van der Waals surface area contributed by atoms with E-state index in [4.69, 9.17) is 5.73 Å². The molecule has 2 aromatic carbocycles. The summed E-state index contributed by atoms with van der Waals surface area (Å²) in [5.41, 5.74) is 7.85. The van der Waals surface area contributed by atoms with Crippen molar-refractivity contribution in [1.82, 2.24) is 20.2 Å². The van der Waals surface area contributed by atoms with E-state index in [0.29, 0.717) is 11.3 Å². The van der Waals surface area contributed by atoms with Crippen LogP contribution in [-0.4, -0.2) is 32.0 Å². The normalized spacial score (nSPS) is 10.3. The number of hydrogen-bond donors (Lipinski definition) is 2. The van der Waals surface area contributed by atoms with Gasteiger partial charge in [-0.2, -0.15) is 0 Å². The second kappa shape index (κ2) is 6.69. The first kappa shape index (κ1) is 15.3. The zero-order valence-electron chi connectivity index (χ0n) is 12.6. The molecule has 0 saturated heterocycles. The maximum Gasteiger partial charge on any atom is 0.248 e. The lowest BCUT2D eigenvalue weighted by molar-refractivity contribution is -0.115. The van der Waals surface area contributed by atoms with Crippen LogP contribution < -0.4 is 11.1 Å².